The van der Waals surface area contributed by atoms with Crippen molar-refractivity contribution in [2.45, 2.75) is 35.8 Å². The Morgan fingerprint density at radius 3 is 2.46 bits per heavy atom. The van der Waals surface area contributed by atoms with E-state index in [1.807, 2.05) is 0 Å². The van der Waals surface area contributed by atoms with E-state index in [0.29, 0.717) is 22.6 Å². The van der Waals surface area contributed by atoms with Gasteiger partial charge in [0.25, 0.3) is 0 Å². The maximum Gasteiger partial charge on any atom is 0.343 e. The van der Waals surface area contributed by atoms with E-state index in [4.69, 9.17) is 14.2 Å². The molecule has 0 aromatic heterocycles. The van der Waals surface area contributed by atoms with Gasteiger partial charge in [-0.1, -0.05) is 0 Å². The van der Waals surface area contributed by atoms with Crippen molar-refractivity contribution in [2.75, 3.05) is 20.8 Å². The number of esters is 1. The lowest BCUT2D eigenvalue weighted by molar-refractivity contribution is -0.141. The molecule has 9 heteroatoms. The molecule has 2 unspecified atom stereocenters. The Morgan fingerprint density at radius 1 is 1.25 bits per heavy atom. The summed E-state index contributed by atoms with van der Waals surface area (Å²) >= 11 is 1.10. The van der Waals surface area contributed by atoms with Crippen molar-refractivity contribution >= 4 is 34.3 Å². The molecule has 3 rings (SSSR count). The Hall–Kier alpha value is -1.91. The number of halogens is 3. The van der Waals surface area contributed by atoms with Gasteiger partial charge in [0, 0.05) is 35.2 Å². The van der Waals surface area contributed by atoms with Gasteiger partial charge < -0.3 is 19.1 Å². The smallest absolute Gasteiger partial charge is 0.343 e. The minimum Gasteiger partial charge on any atom is -0.493 e. The van der Waals surface area contributed by atoms with Gasteiger partial charge in [0.15, 0.2) is 17.3 Å². The first-order valence-corrected chi connectivity index (χ1v) is 9.80. The zero-order valence-electron chi connectivity index (χ0n) is 15.6. The Bertz CT molecular complexity index is 836. The summed E-state index contributed by atoms with van der Waals surface area (Å²) in [4.78, 5) is 26.1. The molecule has 2 atom stereocenters. The van der Waals surface area contributed by atoms with E-state index in [-0.39, 0.29) is 25.0 Å². The van der Waals surface area contributed by atoms with E-state index in [2.05, 4.69) is 0 Å². The van der Waals surface area contributed by atoms with Crippen LogP contribution < -0.4 is 9.47 Å². The third-order valence-electron chi connectivity index (χ3n) is 4.97. The van der Waals surface area contributed by atoms with Crippen LogP contribution in [0.3, 0.4) is 0 Å². The Kier molecular flexibility index (Phi) is 5.83. The summed E-state index contributed by atoms with van der Waals surface area (Å²) in [6.45, 7) is 1.71. The number of rotatable bonds is 5. The number of carbonyl (C=O) groups excluding carboxylic acids is 2. The van der Waals surface area contributed by atoms with Crippen molar-refractivity contribution in [3.05, 3.63) is 35.0 Å². The first-order valence-electron chi connectivity index (χ1n) is 8.72. The summed E-state index contributed by atoms with van der Waals surface area (Å²) in [7, 11) is 2.96. The molecule has 2 aliphatic heterocycles. The number of Topliss-reactive ketones (excluding diaryl/α,β-unsaturated/α-hetero) is 1. The predicted molar refractivity (Wildman–Crippen MR) is 105 cm³/mol. The van der Waals surface area contributed by atoms with Gasteiger partial charge in [-0.2, -0.15) is 8.78 Å². The molecule has 1 aromatic carbocycles. The fraction of sp³-hybridized carbons (Fsp3) is 0.474. The first kappa shape index (κ1) is 20.8. The van der Waals surface area contributed by atoms with Crippen LogP contribution in [0.15, 0.2) is 23.9 Å². The largest absolute Gasteiger partial charge is 0.493 e. The van der Waals surface area contributed by atoms with Crippen molar-refractivity contribution in [2.24, 2.45) is 0 Å². The van der Waals surface area contributed by atoms with Crippen molar-refractivity contribution in [1.82, 2.24) is 4.90 Å². The molecule has 152 valence electrons. The highest BCUT2D eigenvalue weighted by Gasteiger charge is 2.49. The molecule has 0 spiro atoms. The number of alkyl halides is 3. The Balaban J connectivity index is 2.13. The van der Waals surface area contributed by atoms with E-state index in [1.165, 1.54) is 25.3 Å². The zero-order chi connectivity index (χ0) is 20.6. The number of methoxy groups -OCH3 is 2. The SMILES string of the molecule is CCOC(=O)C1=CN2C(CC1=O)c1cc(OC)c(OC)cc1CC2C(F)(F)I. The van der Waals surface area contributed by atoms with Crippen molar-refractivity contribution in [1.29, 1.82) is 0 Å². The number of hydrogen-bond donors (Lipinski definition) is 0. The van der Waals surface area contributed by atoms with Crippen LogP contribution in [0.25, 0.3) is 0 Å². The summed E-state index contributed by atoms with van der Waals surface area (Å²) in [5, 5.41) is 0. The summed E-state index contributed by atoms with van der Waals surface area (Å²) in [6, 6.07) is 1.54. The number of carbonyl (C=O) groups is 2. The average molecular weight is 507 g/mol. The lowest BCUT2D eigenvalue weighted by Crippen LogP contribution is -2.51. The van der Waals surface area contributed by atoms with E-state index in [0.717, 1.165) is 22.6 Å². The highest BCUT2D eigenvalue weighted by atomic mass is 127. The van der Waals surface area contributed by atoms with Gasteiger partial charge in [0.1, 0.15) is 11.6 Å². The number of fused-ring (bicyclic) bond motifs is 3. The van der Waals surface area contributed by atoms with Crippen LogP contribution in [0.1, 0.15) is 30.5 Å². The van der Waals surface area contributed by atoms with Crippen LogP contribution in [0.2, 0.25) is 0 Å². The Morgan fingerprint density at radius 2 is 1.89 bits per heavy atom. The molecule has 6 nitrogen and oxygen atoms in total. The average Bonchev–Trinajstić information content (AvgIpc) is 2.65. The van der Waals surface area contributed by atoms with Gasteiger partial charge in [-0.25, -0.2) is 4.79 Å². The monoisotopic (exact) mass is 507 g/mol. The topological polar surface area (TPSA) is 65.1 Å². The summed E-state index contributed by atoms with van der Waals surface area (Å²) in [5.74, 6) is -0.332. The fourth-order valence-electron chi connectivity index (χ4n) is 3.68. The van der Waals surface area contributed by atoms with Gasteiger partial charge in [-0.05, 0) is 36.6 Å². The third-order valence-corrected chi connectivity index (χ3v) is 5.69. The molecule has 0 saturated carbocycles. The predicted octanol–water partition coefficient (Wildman–Crippen LogP) is 3.42. The fourth-order valence-corrected chi connectivity index (χ4v) is 4.22. The van der Waals surface area contributed by atoms with Crippen LogP contribution in [0.5, 0.6) is 11.5 Å². The lowest BCUT2D eigenvalue weighted by Gasteiger charge is -2.46. The summed E-state index contributed by atoms with van der Waals surface area (Å²) < 4.78 is 41.3. The molecule has 0 N–H and O–H groups in total. The van der Waals surface area contributed by atoms with E-state index in [9.17, 15) is 18.4 Å². The minimum absolute atomic E-state index is 0.0307. The molecular formula is C19H20F2INO5. The Labute approximate surface area is 174 Å². The van der Waals surface area contributed by atoms with Gasteiger partial charge in [-0.15, -0.1) is 0 Å². The van der Waals surface area contributed by atoms with Crippen molar-refractivity contribution in [3.8, 4) is 11.5 Å². The second-order valence-corrected chi connectivity index (χ2v) is 7.96. The van der Waals surface area contributed by atoms with Gasteiger partial charge in [-0.3, -0.25) is 4.79 Å². The second kappa shape index (κ2) is 7.84. The molecule has 2 heterocycles. The number of ether oxygens (including phenoxy) is 3. The summed E-state index contributed by atoms with van der Waals surface area (Å²) in [5.41, 5.74) is 1.18. The first-order chi connectivity index (χ1) is 13.2. The molecule has 0 amide bonds. The molecule has 28 heavy (non-hydrogen) atoms. The third kappa shape index (κ3) is 3.68. The maximum atomic E-state index is 14.4. The van der Waals surface area contributed by atoms with Crippen LogP contribution in [0.4, 0.5) is 8.78 Å². The number of ketones is 1. The highest BCUT2D eigenvalue weighted by Crippen LogP contribution is 2.48. The lowest BCUT2D eigenvalue weighted by atomic mass is 9.82. The quantitative estimate of drug-likeness (QED) is 0.264. The minimum atomic E-state index is -3.09. The normalized spacial score (nSPS) is 21.4. The molecule has 0 saturated heterocycles. The van der Waals surface area contributed by atoms with Crippen molar-refractivity contribution in [3.63, 3.8) is 0 Å². The standard InChI is InChI=1S/C19H20F2INO5/c1-4-28-18(25)12-9-23-13(8-14(12)24)11-7-16(27-3)15(26-2)5-10(11)6-17(23)19(20,21)22/h5,7,9,13,17H,4,6,8H2,1-3H3. The van der Waals surface area contributed by atoms with Crippen LogP contribution in [0, 0.1) is 0 Å². The van der Waals surface area contributed by atoms with E-state index < -0.39 is 27.8 Å². The molecule has 1 aromatic rings. The van der Waals surface area contributed by atoms with Crippen LogP contribution in [-0.2, 0) is 20.7 Å². The van der Waals surface area contributed by atoms with Crippen LogP contribution >= 0.6 is 22.6 Å². The number of hydrogen-bond acceptors (Lipinski definition) is 6. The van der Waals surface area contributed by atoms with Crippen LogP contribution in [-0.4, -0.2) is 47.5 Å². The molecule has 0 aliphatic carbocycles. The summed E-state index contributed by atoms with van der Waals surface area (Å²) in [6.07, 6.45) is 1.16. The maximum absolute atomic E-state index is 14.4. The number of benzene rings is 1. The van der Waals surface area contributed by atoms with E-state index >= 15 is 0 Å². The van der Waals surface area contributed by atoms with Gasteiger partial charge in [0.2, 0.25) is 0 Å². The highest BCUT2D eigenvalue weighted by molar-refractivity contribution is 14.1. The van der Waals surface area contributed by atoms with E-state index in [1.54, 1.807) is 19.1 Å². The molecule has 2 aliphatic rings. The number of nitrogens with zero attached hydrogens (tertiary/aromatic N) is 1. The van der Waals surface area contributed by atoms with Gasteiger partial charge in [0.05, 0.1) is 26.9 Å². The molecular weight excluding hydrogens is 487 g/mol. The van der Waals surface area contributed by atoms with Crippen molar-refractivity contribution < 1.29 is 32.6 Å². The van der Waals surface area contributed by atoms with Gasteiger partial charge >= 0.3 is 9.90 Å². The zero-order valence-corrected chi connectivity index (χ0v) is 17.8. The molecule has 0 fully saturated rings. The second-order valence-electron chi connectivity index (χ2n) is 6.52. The molecule has 0 radical (unpaired) electrons. The molecule has 0 bridgehead atoms.